The summed E-state index contributed by atoms with van der Waals surface area (Å²) in [5.74, 6) is 0.0408. The van der Waals surface area contributed by atoms with E-state index in [0.29, 0.717) is 5.56 Å². The quantitative estimate of drug-likeness (QED) is 0.566. The van der Waals surface area contributed by atoms with Crippen molar-refractivity contribution < 1.29 is 18.1 Å². The van der Waals surface area contributed by atoms with Gasteiger partial charge in [0.05, 0.1) is 17.7 Å². The number of rotatable bonds is 5. The molecule has 3 N–H and O–H groups in total. The summed E-state index contributed by atoms with van der Waals surface area (Å²) in [6.07, 6.45) is -0.790. The molecular formula is C11H16ClNO4S. The van der Waals surface area contributed by atoms with Gasteiger partial charge in [-0.25, -0.2) is 0 Å². The van der Waals surface area contributed by atoms with Crippen LogP contribution in [-0.4, -0.2) is 36.6 Å². The van der Waals surface area contributed by atoms with Crippen LogP contribution in [0, 0.1) is 13.8 Å². The Morgan fingerprint density at radius 2 is 2.00 bits per heavy atom. The lowest BCUT2D eigenvalue weighted by Gasteiger charge is -2.16. The largest absolute Gasteiger partial charge is 0.390 e. The van der Waals surface area contributed by atoms with Gasteiger partial charge in [0.2, 0.25) is 0 Å². The average Bonchev–Trinajstić information content (AvgIpc) is 2.25. The van der Waals surface area contributed by atoms with E-state index < -0.39 is 16.2 Å². The first-order chi connectivity index (χ1) is 8.25. The molecule has 0 heterocycles. The topological polar surface area (TPSA) is 86.6 Å². The molecule has 0 saturated heterocycles. The summed E-state index contributed by atoms with van der Waals surface area (Å²) in [5.41, 5.74) is 1.68. The summed E-state index contributed by atoms with van der Waals surface area (Å²) in [6.45, 7) is 3.56. The first-order valence-electron chi connectivity index (χ1n) is 5.32. The molecular weight excluding hydrogens is 278 g/mol. The molecule has 0 amide bonds. The van der Waals surface area contributed by atoms with Crippen LogP contribution in [0.15, 0.2) is 17.0 Å². The van der Waals surface area contributed by atoms with Crippen LogP contribution in [0.4, 0.5) is 5.69 Å². The third-order valence-corrected chi connectivity index (χ3v) is 3.65. The Balaban J connectivity index is 3.17. The molecule has 0 saturated carbocycles. The third-order valence-electron chi connectivity index (χ3n) is 2.41. The van der Waals surface area contributed by atoms with Crippen LogP contribution in [0.2, 0.25) is 0 Å². The predicted octanol–water partition coefficient (Wildman–Crippen LogP) is 1.56. The van der Waals surface area contributed by atoms with Crippen molar-refractivity contribution in [3.05, 3.63) is 23.3 Å². The molecule has 1 atom stereocenters. The zero-order chi connectivity index (χ0) is 13.9. The van der Waals surface area contributed by atoms with Crippen LogP contribution in [0.25, 0.3) is 0 Å². The predicted molar refractivity (Wildman–Crippen MR) is 70.9 cm³/mol. The molecule has 0 aliphatic rings. The van der Waals surface area contributed by atoms with Crippen molar-refractivity contribution >= 4 is 27.4 Å². The molecule has 0 aliphatic heterocycles. The Labute approximate surface area is 112 Å². The Morgan fingerprint density at radius 1 is 1.39 bits per heavy atom. The Bertz CT molecular complexity index is 530. The van der Waals surface area contributed by atoms with Gasteiger partial charge in [-0.1, -0.05) is 6.07 Å². The van der Waals surface area contributed by atoms with E-state index >= 15 is 0 Å². The lowest BCUT2D eigenvalue weighted by molar-refractivity contribution is 0.211. The van der Waals surface area contributed by atoms with Gasteiger partial charge < -0.3 is 10.4 Å². The molecule has 7 heteroatoms. The highest BCUT2D eigenvalue weighted by Crippen LogP contribution is 2.26. The summed E-state index contributed by atoms with van der Waals surface area (Å²) in [5, 5.41) is 12.1. The monoisotopic (exact) mass is 293 g/mol. The maximum atomic E-state index is 11.3. The van der Waals surface area contributed by atoms with E-state index in [0.717, 1.165) is 5.56 Å². The van der Waals surface area contributed by atoms with Gasteiger partial charge in [-0.3, -0.25) is 4.55 Å². The number of aliphatic hydroxyl groups is 1. The zero-order valence-electron chi connectivity index (χ0n) is 10.1. The van der Waals surface area contributed by atoms with Crippen LogP contribution in [-0.2, 0) is 10.1 Å². The minimum atomic E-state index is -4.31. The molecule has 0 aromatic heterocycles. The Hall–Kier alpha value is -0.820. The first kappa shape index (κ1) is 15.2. The number of alkyl halides is 1. The number of aliphatic hydroxyl groups excluding tert-OH is 1. The summed E-state index contributed by atoms with van der Waals surface area (Å²) in [4.78, 5) is -0.193. The van der Waals surface area contributed by atoms with Crippen molar-refractivity contribution in [2.24, 2.45) is 0 Å². The highest BCUT2D eigenvalue weighted by atomic mass is 35.5. The second-order valence-electron chi connectivity index (χ2n) is 4.12. The molecule has 0 spiro atoms. The van der Waals surface area contributed by atoms with Crippen molar-refractivity contribution in [1.82, 2.24) is 0 Å². The minimum absolute atomic E-state index is 0.0408. The van der Waals surface area contributed by atoms with E-state index in [9.17, 15) is 18.1 Å². The normalized spacial score (nSPS) is 13.4. The number of nitrogens with one attached hydrogen (secondary N) is 1. The number of hydrogen-bond acceptors (Lipinski definition) is 4. The van der Waals surface area contributed by atoms with Crippen molar-refractivity contribution in [3.63, 3.8) is 0 Å². The van der Waals surface area contributed by atoms with E-state index in [2.05, 4.69) is 5.32 Å². The fourth-order valence-corrected chi connectivity index (χ4v) is 2.57. The fourth-order valence-electron chi connectivity index (χ4n) is 1.63. The van der Waals surface area contributed by atoms with Crippen molar-refractivity contribution in [3.8, 4) is 0 Å². The van der Waals surface area contributed by atoms with Crippen LogP contribution < -0.4 is 5.32 Å². The van der Waals surface area contributed by atoms with Gasteiger partial charge >= 0.3 is 0 Å². The number of hydrogen-bond donors (Lipinski definition) is 3. The van der Waals surface area contributed by atoms with Crippen LogP contribution in [0.1, 0.15) is 11.1 Å². The van der Waals surface area contributed by atoms with Crippen LogP contribution in [0.3, 0.4) is 0 Å². The third kappa shape index (κ3) is 3.84. The molecule has 0 radical (unpaired) electrons. The van der Waals surface area contributed by atoms with E-state index in [1.54, 1.807) is 19.9 Å². The van der Waals surface area contributed by atoms with E-state index in [1.165, 1.54) is 6.07 Å². The van der Waals surface area contributed by atoms with Crippen LogP contribution in [0.5, 0.6) is 0 Å². The average molecular weight is 294 g/mol. The Morgan fingerprint density at radius 3 is 2.50 bits per heavy atom. The maximum absolute atomic E-state index is 11.3. The second kappa shape index (κ2) is 5.88. The van der Waals surface area contributed by atoms with Crippen molar-refractivity contribution in [2.75, 3.05) is 17.7 Å². The molecule has 1 unspecified atom stereocenters. The second-order valence-corrected chi connectivity index (χ2v) is 5.82. The van der Waals surface area contributed by atoms with E-state index in [1.807, 2.05) is 0 Å². The SMILES string of the molecule is Cc1cc(C)c(NCC(O)CCl)c(S(=O)(=O)O)c1. The van der Waals surface area contributed by atoms with Gasteiger partial charge in [0.1, 0.15) is 4.90 Å². The Kier molecular flexibility index (Phi) is 4.98. The smallest absolute Gasteiger partial charge is 0.296 e. The number of anilines is 1. The van der Waals surface area contributed by atoms with Crippen LogP contribution >= 0.6 is 11.6 Å². The van der Waals surface area contributed by atoms with Gasteiger partial charge in [-0.05, 0) is 31.0 Å². The molecule has 1 rings (SSSR count). The molecule has 18 heavy (non-hydrogen) atoms. The van der Waals surface area contributed by atoms with Crippen molar-refractivity contribution in [1.29, 1.82) is 0 Å². The standard InChI is InChI=1S/C11H16ClNO4S/c1-7-3-8(2)11(13-6-9(14)5-12)10(4-7)18(15,16)17/h3-4,9,13-14H,5-6H2,1-2H3,(H,15,16,17). The number of aryl methyl sites for hydroxylation is 2. The van der Waals surface area contributed by atoms with Crippen molar-refractivity contribution in [2.45, 2.75) is 24.8 Å². The summed E-state index contributed by atoms with van der Waals surface area (Å²) >= 11 is 5.46. The molecule has 1 aromatic rings. The molecule has 0 fully saturated rings. The molecule has 5 nitrogen and oxygen atoms in total. The highest BCUT2D eigenvalue weighted by Gasteiger charge is 2.18. The molecule has 102 valence electrons. The highest BCUT2D eigenvalue weighted by molar-refractivity contribution is 7.86. The summed E-state index contributed by atoms with van der Waals surface area (Å²) < 4.78 is 31.8. The summed E-state index contributed by atoms with van der Waals surface area (Å²) in [6, 6.07) is 3.15. The lowest BCUT2D eigenvalue weighted by atomic mass is 10.1. The minimum Gasteiger partial charge on any atom is -0.390 e. The van der Waals surface area contributed by atoms with E-state index in [4.69, 9.17) is 11.6 Å². The zero-order valence-corrected chi connectivity index (χ0v) is 11.7. The van der Waals surface area contributed by atoms with Gasteiger partial charge in [-0.15, -0.1) is 11.6 Å². The summed E-state index contributed by atoms with van der Waals surface area (Å²) in [7, 11) is -4.31. The number of halogens is 1. The fraction of sp³-hybridized carbons (Fsp3) is 0.455. The van der Waals surface area contributed by atoms with Gasteiger partial charge in [0.15, 0.2) is 0 Å². The first-order valence-corrected chi connectivity index (χ1v) is 7.29. The number of benzene rings is 1. The van der Waals surface area contributed by atoms with Gasteiger partial charge in [-0.2, -0.15) is 8.42 Å². The molecule has 1 aromatic carbocycles. The molecule has 0 bridgehead atoms. The van der Waals surface area contributed by atoms with E-state index in [-0.39, 0.29) is 23.0 Å². The lowest BCUT2D eigenvalue weighted by Crippen LogP contribution is -2.22. The van der Waals surface area contributed by atoms with Gasteiger partial charge in [0.25, 0.3) is 10.1 Å². The maximum Gasteiger partial charge on any atom is 0.296 e. The molecule has 0 aliphatic carbocycles. The van der Waals surface area contributed by atoms with Gasteiger partial charge in [0, 0.05) is 6.54 Å².